The zero-order valence-corrected chi connectivity index (χ0v) is 12.6. The average molecular weight is 322 g/mol. The molecule has 118 valence electrons. The molecule has 0 aliphatic carbocycles. The molecule has 4 rings (SSSR count). The number of rotatable bonds is 2. The van der Waals surface area contributed by atoms with Crippen LogP contribution in [0.2, 0.25) is 0 Å². The quantitative estimate of drug-likeness (QED) is 0.567. The van der Waals surface area contributed by atoms with E-state index in [-0.39, 0.29) is 22.3 Å². The number of benzene rings is 1. The van der Waals surface area contributed by atoms with Crippen molar-refractivity contribution in [2.75, 3.05) is 0 Å². The van der Waals surface area contributed by atoms with E-state index in [2.05, 4.69) is 15.1 Å². The van der Waals surface area contributed by atoms with Gasteiger partial charge in [0.25, 0.3) is 5.89 Å². The lowest BCUT2D eigenvalue weighted by Crippen LogP contribution is -2.10. The Morgan fingerprint density at radius 3 is 2.75 bits per heavy atom. The Hall–Kier alpha value is -3.35. The lowest BCUT2D eigenvalue weighted by atomic mass is 10.1. The number of hydrogen-bond acceptors (Lipinski definition) is 5. The van der Waals surface area contributed by atoms with Gasteiger partial charge < -0.3 is 9.09 Å². The van der Waals surface area contributed by atoms with Crippen molar-refractivity contribution < 1.29 is 8.91 Å². The summed E-state index contributed by atoms with van der Waals surface area (Å²) in [6, 6.07) is 7.56. The number of halogens is 1. The summed E-state index contributed by atoms with van der Waals surface area (Å²) in [6.45, 7) is 0. The first-order valence-electron chi connectivity index (χ1n) is 7.17. The van der Waals surface area contributed by atoms with Gasteiger partial charge in [0.15, 0.2) is 0 Å². The molecule has 0 N–H and O–H groups in total. The summed E-state index contributed by atoms with van der Waals surface area (Å²) < 4.78 is 20.5. The highest BCUT2D eigenvalue weighted by atomic mass is 19.1. The lowest BCUT2D eigenvalue weighted by Gasteiger charge is -2.06. The molecule has 0 amide bonds. The topological polar surface area (TPSA) is 73.8 Å². The zero-order valence-electron chi connectivity index (χ0n) is 12.6. The monoisotopic (exact) mass is 322 g/mol. The summed E-state index contributed by atoms with van der Waals surface area (Å²) in [7, 11) is 1.77. The third kappa shape index (κ3) is 2.26. The van der Waals surface area contributed by atoms with Crippen LogP contribution in [0.15, 0.2) is 58.2 Å². The van der Waals surface area contributed by atoms with E-state index in [4.69, 9.17) is 4.52 Å². The van der Waals surface area contributed by atoms with Crippen LogP contribution in [0.5, 0.6) is 0 Å². The molecular weight excluding hydrogens is 311 g/mol. The van der Waals surface area contributed by atoms with Gasteiger partial charge in [-0.05, 0) is 30.3 Å². The van der Waals surface area contributed by atoms with E-state index in [1.807, 2.05) is 0 Å². The van der Waals surface area contributed by atoms with E-state index in [1.54, 1.807) is 48.4 Å². The minimum atomic E-state index is -0.472. The predicted molar refractivity (Wildman–Crippen MR) is 85.7 cm³/mol. The first-order chi connectivity index (χ1) is 11.6. The Morgan fingerprint density at radius 1 is 1.17 bits per heavy atom. The Bertz CT molecular complexity index is 1100. The van der Waals surface area contributed by atoms with Crippen LogP contribution in [-0.2, 0) is 7.05 Å². The van der Waals surface area contributed by atoms with Gasteiger partial charge in [0, 0.05) is 36.6 Å². The van der Waals surface area contributed by atoms with Gasteiger partial charge in [-0.1, -0.05) is 5.16 Å². The van der Waals surface area contributed by atoms with Gasteiger partial charge in [-0.15, -0.1) is 0 Å². The molecule has 3 aromatic heterocycles. The molecule has 24 heavy (non-hydrogen) atoms. The molecule has 3 heterocycles. The van der Waals surface area contributed by atoms with Gasteiger partial charge in [0.1, 0.15) is 11.4 Å². The number of fused-ring (bicyclic) bond motifs is 1. The summed E-state index contributed by atoms with van der Waals surface area (Å²) in [5.41, 5.74) is 1.22. The van der Waals surface area contributed by atoms with E-state index in [1.165, 1.54) is 12.1 Å². The summed E-state index contributed by atoms with van der Waals surface area (Å²) in [5, 5.41) is 4.16. The van der Waals surface area contributed by atoms with Crippen LogP contribution in [0.3, 0.4) is 0 Å². The van der Waals surface area contributed by atoms with Gasteiger partial charge in [0.05, 0.1) is 5.52 Å². The minimum absolute atomic E-state index is 0.0913. The molecule has 4 aromatic rings. The van der Waals surface area contributed by atoms with Crippen LogP contribution >= 0.6 is 0 Å². The second-order valence-corrected chi connectivity index (χ2v) is 5.30. The van der Waals surface area contributed by atoms with Crippen molar-refractivity contribution >= 4 is 10.9 Å². The van der Waals surface area contributed by atoms with E-state index in [0.717, 1.165) is 5.56 Å². The second-order valence-electron chi connectivity index (χ2n) is 5.30. The SMILES string of the molecule is Cn1cc(-c2nc(-c3ccncc3)no2)c(=O)c2cc(F)ccc21. The van der Waals surface area contributed by atoms with E-state index in [0.29, 0.717) is 11.3 Å². The zero-order chi connectivity index (χ0) is 16.7. The average Bonchev–Trinajstić information content (AvgIpc) is 3.08. The molecule has 0 spiro atoms. The molecule has 0 aliphatic heterocycles. The summed E-state index contributed by atoms with van der Waals surface area (Å²) >= 11 is 0. The molecule has 0 fully saturated rings. The smallest absolute Gasteiger partial charge is 0.263 e. The Kier molecular flexibility index (Phi) is 3.19. The van der Waals surface area contributed by atoms with E-state index in [9.17, 15) is 9.18 Å². The number of aromatic nitrogens is 4. The number of hydrogen-bond donors (Lipinski definition) is 0. The molecule has 0 radical (unpaired) electrons. The van der Waals surface area contributed by atoms with Crippen LogP contribution in [0, 0.1) is 5.82 Å². The Morgan fingerprint density at radius 2 is 1.96 bits per heavy atom. The molecule has 0 saturated heterocycles. The van der Waals surface area contributed by atoms with Crippen LogP contribution in [0.25, 0.3) is 33.7 Å². The predicted octanol–water partition coefficient (Wildman–Crippen LogP) is 2.79. The van der Waals surface area contributed by atoms with Crippen molar-refractivity contribution in [2.45, 2.75) is 0 Å². The number of aryl methyl sites for hydroxylation is 1. The van der Waals surface area contributed by atoms with Gasteiger partial charge >= 0.3 is 0 Å². The largest absolute Gasteiger partial charge is 0.350 e. The first-order valence-corrected chi connectivity index (χ1v) is 7.17. The molecule has 7 heteroatoms. The molecule has 1 aromatic carbocycles. The third-order valence-electron chi connectivity index (χ3n) is 3.75. The molecule has 0 aliphatic rings. The van der Waals surface area contributed by atoms with Crippen LogP contribution in [0.1, 0.15) is 0 Å². The van der Waals surface area contributed by atoms with Crippen molar-refractivity contribution in [3.05, 3.63) is 65.0 Å². The maximum absolute atomic E-state index is 13.5. The fourth-order valence-corrected chi connectivity index (χ4v) is 2.57. The van der Waals surface area contributed by atoms with Crippen LogP contribution < -0.4 is 5.43 Å². The highest BCUT2D eigenvalue weighted by Gasteiger charge is 2.16. The molecule has 0 bridgehead atoms. The third-order valence-corrected chi connectivity index (χ3v) is 3.75. The first kappa shape index (κ1) is 14.3. The molecule has 6 nitrogen and oxygen atoms in total. The number of pyridine rings is 2. The Balaban J connectivity index is 1.90. The summed E-state index contributed by atoms with van der Waals surface area (Å²) in [6.07, 6.45) is 4.83. The maximum atomic E-state index is 13.5. The van der Waals surface area contributed by atoms with E-state index >= 15 is 0 Å². The highest BCUT2D eigenvalue weighted by molar-refractivity contribution is 5.82. The fraction of sp³-hybridized carbons (Fsp3) is 0.0588. The Labute approximate surface area is 135 Å². The van der Waals surface area contributed by atoms with Gasteiger partial charge in [0.2, 0.25) is 11.3 Å². The van der Waals surface area contributed by atoms with Crippen molar-refractivity contribution in [3.63, 3.8) is 0 Å². The van der Waals surface area contributed by atoms with E-state index < -0.39 is 5.82 Å². The molecular formula is C17H11FN4O2. The normalized spacial score (nSPS) is 11.1. The van der Waals surface area contributed by atoms with Crippen molar-refractivity contribution in [3.8, 4) is 22.8 Å². The standard InChI is InChI=1S/C17H11FN4O2/c1-22-9-13(15(23)12-8-11(18)2-3-14(12)22)17-20-16(21-24-17)10-4-6-19-7-5-10/h2-9H,1H3. The molecule has 0 unspecified atom stereocenters. The van der Waals surface area contributed by atoms with Crippen LogP contribution in [-0.4, -0.2) is 19.7 Å². The highest BCUT2D eigenvalue weighted by Crippen LogP contribution is 2.22. The van der Waals surface area contributed by atoms with Gasteiger partial charge in [-0.3, -0.25) is 9.78 Å². The van der Waals surface area contributed by atoms with Gasteiger partial charge in [-0.2, -0.15) is 4.98 Å². The fourth-order valence-electron chi connectivity index (χ4n) is 2.57. The molecule has 0 saturated carbocycles. The van der Waals surface area contributed by atoms with Crippen LogP contribution in [0.4, 0.5) is 4.39 Å². The van der Waals surface area contributed by atoms with Gasteiger partial charge in [-0.25, -0.2) is 4.39 Å². The summed E-state index contributed by atoms with van der Waals surface area (Å²) in [5.74, 6) is -0.0258. The maximum Gasteiger partial charge on any atom is 0.263 e. The lowest BCUT2D eigenvalue weighted by molar-refractivity contribution is 0.432. The van der Waals surface area contributed by atoms with Crippen molar-refractivity contribution in [1.29, 1.82) is 0 Å². The van der Waals surface area contributed by atoms with Crippen molar-refractivity contribution in [1.82, 2.24) is 19.7 Å². The summed E-state index contributed by atoms with van der Waals surface area (Å²) in [4.78, 5) is 20.9. The van der Waals surface area contributed by atoms with Crippen molar-refractivity contribution in [2.24, 2.45) is 7.05 Å². The second kappa shape index (κ2) is 5.38. The number of nitrogens with zero attached hydrogens (tertiary/aromatic N) is 4. The molecule has 0 atom stereocenters. The minimum Gasteiger partial charge on any atom is -0.350 e.